The number of piperazine rings is 1. The second kappa shape index (κ2) is 9.57. The molecule has 2 aromatic rings. The minimum absolute atomic E-state index is 0.0187. The highest BCUT2D eigenvalue weighted by Crippen LogP contribution is 2.33. The molecule has 33 heavy (non-hydrogen) atoms. The van der Waals surface area contributed by atoms with Crippen molar-refractivity contribution >= 4 is 39.4 Å². The first-order valence-electron chi connectivity index (χ1n) is 10.4. The molecule has 178 valence electrons. The number of nitrogens with zero attached hydrogens (tertiary/aromatic N) is 4. The quantitative estimate of drug-likeness (QED) is 0.627. The zero-order valence-electron chi connectivity index (χ0n) is 17.4. The molecule has 2 amide bonds. The smallest absolute Gasteiger partial charge is 0.437 e. The zero-order valence-corrected chi connectivity index (χ0v) is 19.0. The fourth-order valence-electron chi connectivity index (χ4n) is 3.82. The van der Waals surface area contributed by atoms with Crippen LogP contribution in [-0.4, -0.2) is 59.2 Å². The number of oxazole rings is 1. The van der Waals surface area contributed by atoms with Gasteiger partial charge in [0.2, 0.25) is 5.76 Å². The summed E-state index contributed by atoms with van der Waals surface area (Å²) < 4.78 is 49.4. The van der Waals surface area contributed by atoms with Crippen LogP contribution in [0.5, 0.6) is 0 Å². The van der Waals surface area contributed by atoms with Crippen LogP contribution in [0.25, 0.3) is 0 Å². The van der Waals surface area contributed by atoms with Gasteiger partial charge >= 0.3 is 12.3 Å². The molecular formula is C20H21BrF3N5O4. The molecule has 1 saturated heterocycles. The summed E-state index contributed by atoms with van der Waals surface area (Å²) in [6, 6.07) is 3.17. The van der Waals surface area contributed by atoms with Gasteiger partial charge in [-0.05, 0) is 37.8 Å². The molecule has 0 aromatic carbocycles. The van der Waals surface area contributed by atoms with Gasteiger partial charge in [-0.1, -0.05) is 0 Å². The molecule has 2 aromatic heterocycles. The standard InChI is InChI=1S/C20H21BrF3N5O4/c21-18-27-16(20(22,23)24)15(33-18)17(30)26-12-5-6-14(25-11-12)28-7-9-29(10-8-28)19(31)32-13-3-1-2-4-13/h5-6,11,13H,1-4,7-10H2,(H,26,30). The average molecular weight is 532 g/mol. The Kier molecular flexibility index (Phi) is 6.77. The van der Waals surface area contributed by atoms with Gasteiger partial charge in [0.15, 0.2) is 5.69 Å². The van der Waals surface area contributed by atoms with Crippen LogP contribution in [0.2, 0.25) is 0 Å². The Bertz CT molecular complexity index is 1000. The van der Waals surface area contributed by atoms with Crippen molar-refractivity contribution in [1.82, 2.24) is 14.9 Å². The number of carbonyl (C=O) groups is 2. The first kappa shape index (κ1) is 23.3. The number of hydrogen-bond donors (Lipinski definition) is 1. The van der Waals surface area contributed by atoms with E-state index in [1.165, 1.54) is 12.3 Å². The number of alkyl halides is 3. The number of aromatic nitrogens is 2. The van der Waals surface area contributed by atoms with Crippen LogP contribution in [0.1, 0.15) is 41.9 Å². The van der Waals surface area contributed by atoms with Crippen LogP contribution in [-0.2, 0) is 10.9 Å². The normalized spacial score (nSPS) is 17.3. The lowest BCUT2D eigenvalue weighted by molar-refractivity contribution is -0.141. The third-order valence-corrected chi connectivity index (χ3v) is 5.85. The second-order valence-corrected chi connectivity index (χ2v) is 8.44. The van der Waals surface area contributed by atoms with E-state index in [-0.39, 0.29) is 17.9 Å². The summed E-state index contributed by atoms with van der Waals surface area (Å²) in [7, 11) is 0. The zero-order chi connectivity index (χ0) is 23.6. The molecule has 0 bridgehead atoms. The van der Waals surface area contributed by atoms with E-state index >= 15 is 0 Å². The predicted octanol–water partition coefficient (Wildman–Crippen LogP) is 4.30. The maximum absolute atomic E-state index is 13.0. The van der Waals surface area contributed by atoms with Crippen molar-refractivity contribution < 1.29 is 31.9 Å². The van der Waals surface area contributed by atoms with Gasteiger partial charge in [0.25, 0.3) is 10.7 Å². The van der Waals surface area contributed by atoms with Crippen molar-refractivity contribution in [2.24, 2.45) is 0 Å². The van der Waals surface area contributed by atoms with E-state index in [4.69, 9.17) is 9.15 Å². The van der Waals surface area contributed by atoms with E-state index < -0.39 is 28.3 Å². The molecule has 0 unspecified atom stereocenters. The number of amides is 2. The highest BCUT2D eigenvalue weighted by atomic mass is 79.9. The minimum Gasteiger partial charge on any atom is -0.446 e. The van der Waals surface area contributed by atoms with Crippen molar-refractivity contribution in [1.29, 1.82) is 0 Å². The monoisotopic (exact) mass is 531 g/mol. The molecule has 0 atom stereocenters. The number of halogens is 4. The first-order chi connectivity index (χ1) is 15.7. The Labute approximate surface area is 195 Å². The van der Waals surface area contributed by atoms with Gasteiger partial charge in [0.05, 0.1) is 11.9 Å². The summed E-state index contributed by atoms with van der Waals surface area (Å²) in [5.74, 6) is -1.42. The maximum Gasteiger partial charge on any atom is 0.437 e. The van der Waals surface area contributed by atoms with Crippen LogP contribution in [0.15, 0.2) is 27.5 Å². The summed E-state index contributed by atoms with van der Waals surface area (Å²) in [6.45, 7) is 2.09. The van der Waals surface area contributed by atoms with Gasteiger partial charge in [-0.3, -0.25) is 4.79 Å². The Morgan fingerprint density at radius 3 is 2.45 bits per heavy atom. The maximum atomic E-state index is 13.0. The van der Waals surface area contributed by atoms with Crippen LogP contribution < -0.4 is 10.2 Å². The molecule has 1 N–H and O–H groups in total. The molecule has 1 saturated carbocycles. The van der Waals surface area contributed by atoms with Gasteiger partial charge < -0.3 is 24.3 Å². The third-order valence-electron chi connectivity index (χ3n) is 5.51. The van der Waals surface area contributed by atoms with Gasteiger partial charge in [0.1, 0.15) is 11.9 Å². The van der Waals surface area contributed by atoms with E-state index in [0.29, 0.717) is 32.0 Å². The van der Waals surface area contributed by atoms with Crippen molar-refractivity contribution in [3.05, 3.63) is 34.6 Å². The topological polar surface area (TPSA) is 101 Å². The first-order valence-corrected chi connectivity index (χ1v) is 11.2. The van der Waals surface area contributed by atoms with Crippen LogP contribution in [0.3, 0.4) is 0 Å². The predicted molar refractivity (Wildman–Crippen MR) is 114 cm³/mol. The van der Waals surface area contributed by atoms with E-state index in [2.05, 4.69) is 31.2 Å². The lowest BCUT2D eigenvalue weighted by Crippen LogP contribution is -2.49. The highest BCUT2D eigenvalue weighted by molar-refractivity contribution is 9.10. The van der Waals surface area contributed by atoms with Gasteiger partial charge in [-0.15, -0.1) is 0 Å². The number of anilines is 2. The highest BCUT2D eigenvalue weighted by Gasteiger charge is 2.41. The number of ether oxygens (including phenoxy) is 1. The molecule has 2 aliphatic rings. The number of nitrogens with one attached hydrogen (secondary N) is 1. The van der Waals surface area contributed by atoms with Gasteiger partial charge in [-0.25, -0.2) is 9.78 Å². The minimum atomic E-state index is -4.84. The second-order valence-electron chi connectivity index (χ2n) is 7.77. The number of rotatable bonds is 4. The van der Waals surface area contributed by atoms with Crippen LogP contribution in [0.4, 0.5) is 29.5 Å². The fourth-order valence-corrected chi connectivity index (χ4v) is 4.16. The average Bonchev–Trinajstić information content (AvgIpc) is 3.44. The number of carbonyl (C=O) groups excluding carboxylic acids is 2. The fraction of sp³-hybridized carbons (Fsp3) is 0.500. The summed E-state index contributed by atoms with van der Waals surface area (Å²) in [5.41, 5.74) is -1.22. The van der Waals surface area contributed by atoms with Crippen molar-refractivity contribution in [3.63, 3.8) is 0 Å². The molecule has 1 aliphatic heterocycles. The summed E-state index contributed by atoms with van der Waals surface area (Å²) in [6.07, 6.45) is 0.256. The van der Waals surface area contributed by atoms with E-state index in [1.807, 2.05) is 4.90 Å². The largest absolute Gasteiger partial charge is 0.446 e. The summed E-state index contributed by atoms with van der Waals surface area (Å²) in [4.78, 5) is 35.2. The van der Waals surface area contributed by atoms with E-state index in [0.717, 1.165) is 25.7 Å². The van der Waals surface area contributed by atoms with E-state index in [9.17, 15) is 22.8 Å². The Hall–Kier alpha value is -2.83. The summed E-state index contributed by atoms with van der Waals surface area (Å²) in [5, 5.41) is 2.33. The van der Waals surface area contributed by atoms with Gasteiger partial charge in [-0.2, -0.15) is 18.2 Å². The molecule has 2 fully saturated rings. The molecule has 4 rings (SSSR count). The van der Waals surface area contributed by atoms with Crippen molar-refractivity contribution in [2.75, 3.05) is 36.4 Å². The van der Waals surface area contributed by atoms with Gasteiger partial charge in [0, 0.05) is 42.1 Å². The molecule has 9 nitrogen and oxygen atoms in total. The Morgan fingerprint density at radius 1 is 1.15 bits per heavy atom. The van der Waals surface area contributed by atoms with Crippen molar-refractivity contribution in [3.8, 4) is 0 Å². The molecule has 13 heteroatoms. The molecule has 1 aliphatic carbocycles. The van der Waals surface area contributed by atoms with Crippen LogP contribution >= 0.6 is 15.9 Å². The molecule has 0 spiro atoms. The van der Waals surface area contributed by atoms with Crippen LogP contribution in [0, 0.1) is 0 Å². The Balaban J connectivity index is 1.32. The molecule has 3 heterocycles. The SMILES string of the molecule is O=C(Nc1ccc(N2CCN(C(=O)OC3CCCC3)CC2)nc1)c1oc(Br)nc1C(F)(F)F. The Morgan fingerprint density at radius 2 is 1.85 bits per heavy atom. The third kappa shape index (κ3) is 5.57. The molecule has 0 radical (unpaired) electrons. The number of hydrogen-bond acceptors (Lipinski definition) is 7. The van der Waals surface area contributed by atoms with Crippen molar-refractivity contribution in [2.45, 2.75) is 38.0 Å². The lowest BCUT2D eigenvalue weighted by atomic mass is 10.3. The van der Waals surface area contributed by atoms with E-state index in [1.54, 1.807) is 11.0 Å². The number of pyridine rings is 1. The summed E-state index contributed by atoms with van der Waals surface area (Å²) >= 11 is 2.71. The lowest BCUT2D eigenvalue weighted by Gasteiger charge is -2.35. The molecular weight excluding hydrogens is 511 g/mol.